The standard InChI is InChI=1S/C28H31BrClN3O5/c29-18-15-28-22(21(23(18)38-28)25(35)31-16-17-9-3-1-4-10-17)27(37)33(13-7-2-8-14-34)24(28)26(36)32-20-12-6-5-11-19(20)30/h1,3-6,9-12,18,21-24,34H,2,7-8,13-16H2,(H,31,35)(H,32,36)/t18?,21-,22-,23-,24?,28?/m0/s1. The number of carbonyl (C=O) groups excluding carboxylic acids is 3. The summed E-state index contributed by atoms with van der Waals surface area (Å²) in [6.45, 7) is 0.735. The van der Waals surface area contributed by atoms with Crippen LogP contribution in [0.25, 0.3) is 0 Å². The van der Waals surface area contributed by atoms with Crippen molar-refractivity contribution in [3.63, 3.8) is 0 Å². The second kappa shape index (κ2) is 11.3. The van der Waals surface area contributed by atoms with E-state index in [-0.39, 0.29) is 29.2 Å². The predicted octanol–water partition coefficient (Wildman–Crippen LogP) is 3.51. The molecule has 5 rings (SSSR count). The number of aliphatic hydroxyl groups is 1. The molecule has 3 unspecified atom stereocenters. The molecule has 3 heterocycles. The van der Waals surface area contributed by atoms with Crippen LogP contribution in [0.4, 0.5) is 5.69 Å². The molecule has 8 nitrogen and oxygen atoms in total. The molecule has 38 heavy (non-hydrogen) atoms. The van der Waals surface area contributed by atoms with E-state index in [1.807, 2.05) is 30.3 Å². The highest BCUT2D eigenvalue weighted by Gasteiger charge is 2.76. The van der Waals surface area contributed by atoms with Crippen LogP contribution in [0, 0.1) is 11.8 Å². The summed E-state index contributed by atoms with van der Waals surface area (Å²) in [5.74, 6) is -2.37. The van der Waals surface area contributed by atoms with Gasteiger partial charge in [0.2, 0.25) is 17.7 Å². The number of benzene rings is 2. The van der Waals surface area contributed by atoms with Crippen molar-refractivity contribution in [2.75, 3.05) is 18.5 Å². The van der Waals surface area contributed by atoms with E-state index in [1.165, 1.54) is 0 Å². The summed E-state index contributed by atoms with van der Waals surface area (Å²) < 4.78 is 6.51. The second-order valence-electron chi connectivity index (χ2n) is 10.2. The van der Waals surface area contributed by atoms with Crippen LogP contribution in [0.5, 0.6) is 0 Å². The van der Waals surface area contributed by atoms with Crippen LogP contribution >= 0.6 is 27.5 Å². The Balaban J connectivity index is 1.43. The average Bonchev–Trinajstić information content (AvgIpc) is 3.50. The van der Waals surface area contributed by atoms with Crippen LogP contribution in [-0.4, -0.2) is 63.5 Å². The topological polar surface area (TPSA) is 108 Å². The van der Waals surface area contributed by atoms with Crippen molar-refractivity contribution in [1.29, 1.82) is 0 Å². The highest BCUT2D eigenvalue weighted by molar-refractivity contribution is 9.09. The molecule has 0 aromatic heterocycles. The number of nitrogens with zero attached hydrogens (tertiary/aromatic N) is 1. The molecule has 3 fully saturated rings. The molecule has 202 valence electrons. The van der Waals surface area contributed by atoms with Gasteiger partial charge < -0.3 is 25.4 Å². The first-order chi connectivity index (χ1) is 18.4. The fourth-order valence-electron chi connectivity index (χ4n) is 6.21. The highest BCUT2D eigenvalue weighted by atomic mass is 79.9. The third kappa shape index (κ3) is 4.85. The normalized spacial score (nSPS) is 29.4. The molecular weight excluding hydrogens is 574 g/mol. The summed E-state index contributed by atoms with van der Waals surface area (Å²) >= 11 is 9.99. The van der Waals surface area contributed by atoms with E-state index in [2.05, 4.69) is 26.6 Å². The zero-order valence-corrected chi connectivity index (χ0v) is 23.2. The smallest absolute Gasteiger partial charge is 0.250 e. The molecule has 0 saturated carbocycles. The molecule has 3 aliphatic heterocycles. The van der Waals surface area contributed by atoms with Gasteiger partial charge in [0.25, 0.3) is 0 Å². The lowest BCUT2D eigenvalue weighted by Gasteiger charge is -2.34. The Bertz CT molecular complexity index is 1200. The Labute approximate surface area is 235 Å². The van der Waals surface area contributed by atoms with Crippen molar-refractivity contribution in [2.24, 2.45) is 11.8 Å². The molecule has 0 radical (unpaired) electrons. The monoisotopic (exact) mass is 603 g/mol. The number of nitrogens with one attached hydrogen (secondary N) is 2. The first kappa shape index (κ1) is 27.1. The Morgan fingerprint density at radius 3 is 2.55 bits per heavy atom. The number of amides is 3. The number of halogens is 2. The van der Waals surface area contributed by atoms with Crippen molar-refractivity contribution in [3.05, 3.63) is 65.2 Å². The van der Waals surface area contributed by atoms with Crippen LogP contribution < -0.4 is 10.6 Å². The third-order valence-electron chi connectivity index (χ3n) is 7.84. The molecule has 1 spiro atoms. The lowest BCUT2D eigenvalue weighted by molar-refractivity contribution is -0.140. The molecule has 2 aromatic rings. The summed E-state index contributed by atoms with van der Waals surface area (Å²) in [6.07, 6.45) is 1.86. The third-order valence-corrected chi connectivity index (χ3v) is 9.01. The van der Waals surface area contributed by atoms with Gasteiger partial charge in [0, 0.05) is 24.5 Å². The average molecular weight is 605 g/mol. The number of fused-ring (bicyclic) bond motifs is 1. The Hall–Kier alpha value is -2.46. The van der Waals surface area contributed by atoms with Crippen LogP contribution in [0.2, 0.25) is 5.02 Å². The van der Waals surface area contributed by atoms with Gasteiger partial charge in [-0.1, -0.05) is 70.0 Å². The number of anilines is 1. The van der Waals surface area contributed by atoms with Gasteiger partial charge in [0.1, 0.15) is 11.6 Å². The van der Waals surface area contributed by atoms with Crippen molar-refractivity contribution in [1.82, 2.24) is 10.2 Å². The molecule has 3 N–H and O–H groups in total. The number of carbonyl (C=O) groups is 3. The Morgan fingerprint density at radius 1 is 1.08 bits per heavy atom. The summed E-state index contributed by atoms with van der Waals surface area (Å²) in [5, 5.41) is 15.5. The maximum absolute atomic E-state index is 14.0. The fraction of sp³-hybridized carbons (Fsp3) is 0.464. The van der Waals surface area contributed by atoms with Crippen LogP contribution in [0.3, 0.4) is 0 Å². The summed E-state index contributed by atoms with van der Waals surface area (Å²) in [5.41, 5.74) is 0.273. The van der Waals surface area contributed by atoms with E-state index in [4.69, 9.17) is 16.3 Å². The quantitative estimate of drug-likeness (QED) is 0.284. The number of para-hydroxylation sites is 1. The van der Waals surface area contributed by atoms with Gasteiger partial charge in [0.15, 0.2) is 0 Å². The lowest BCUT2D eigenvalue weighted by atomic mass is 9.70. The minimum absolute atomic E-state index is 0.0661. The zero-order chi connectivity index (χ0) is 26.9. The summed E-state index contributed by atoms with van der Waals surface area (Å²) in [6, 6.07) is 15.6. The van der Waals surface area contributed by atoms with Gasteiger partial charge in [-0.25, -0.2) is 0 Å². The SMILES string of the molecule is O=C(Nc1ccccc1Cl)C1N(CCCCCO)C(=O)[C@@H]2[C@H](C(=O)NCc3ccccc3)[C@H]3OC12CC3Br. The van der Waals surface area contributed by atoms with Gasteiger partial charge >= 0.3 is 0 Å². The minimum atomic E-state index is -1.13. The molecule has 2 bridgehead atoms. The second-order valence-corrected chi connectivity index (χ2v) is 11.7. The van der Waals surface area contributed by atoms with Crippen molar-refractivity contribution in [3.8, 4) is 0 Å². The Morgan fingerprint density at radius 2 is 1.82 bits per heavy atom. The minimum Gasteiger partial charge on any atom is -0.396 e. The zero-order valence-electron chi connectivity index (χ0n) is 20.8. The number of hydrogen-bond acceptors (Lipinski definition) is 5. The van der Waals surface area contributed by atoms with Gasteiger partial charge in [-0.05, 0) is 43.4 Å². The molecule has 2 aromatic carbocycles. The van der Waals surface area contributed by atoms with Crippen molar-refractivity contribution >= 4 is 50.9 Å². The molecule has 6 atom stereocenters. The summed E-state index contributed by atoms with van der Waals surface area (Å²) in [4.78, 5) is 42.7. The van der Waals surface area contributed by atoms with E-state index in [9.17, 15) is 19.5 Å². The van der Waals surface area contributed by atoms with E-state index < -0.39 is 29.6 Å². The largest absolute Gasteiger partial charge is 0.396 e. The number of unbranched alkanes of at least 4 members (excludes halogenated alkanes) is 2. The van der Waals surface area contributed by atoms with Crippen LogP contribution in [0.1, 0.15) is 31.2 Å². The van der Waals surface area contributed by atoms with Crippen molar-refractivity contribution in [2.45, 2.75) is 54.8 Å². The number of hydrogen-bond donors (Lipinski definition) is 3. The first-order valence-electron chi connectivity index (χ1n) is 13.0. The van der Waals surface area contributed by atoms with Gasteiger partial charge in [-0.3, -0.25) is 14.4 Å². The van der Waals surface area contributed by atoms with Crippen LogP contribution in [0.15, 0.2) is 54.6 Å². The van der Waals surface area contributed by atoms with E-state index >= 15 is 0 Å². The number of aliphatic hydroxyl groups excluding tert-OH is 1. The first-order valence-corrected chi connectivity index (χ1v) is 14.3. The highest BCUT2D eigenvalue weighted by Crippen LogP contribution is 2.60. The molecule has 3 amide bonds. The van der Waals surface area contributed by atoms with E-state index in [1.54, 1.807) is 29.2 Å². The number of alkyl halides is 1. The molecule has 10 heteroatoms. The lowest BCUT2D eigenvalue weighted by Crippen LogP contribution is -2.54. The maximum atomic E-state index is 14.0. The molecule has 0 aliphatic carbocycles. The van der Waals surface area contributed by atoms with Gasteiger partial charge in [0.05, 0.1) is 28.6 Å². The number of rotatable bonds is 10. The molecular formula is C28H31BrClN3O5. The predicted molar refractivity (Wildman–Crippen MR) is 147 cm³/mol. The van der Waals surface area contributed by atoms with E-state index in [0.717, 1.165) is 5.56 Å². The number of likely N-dealkylation sites (tertiary alicyclic amines) is 1. The number of ether oxygens (including phenoxy) is 1. The van der Waals surface area contributed by atoms with Gasteiger partial charge in [-0.2, -0.15) is 0 Å². The molecule has 3 aliphatic rings. The maximum Gasteiger partial charge on any atom is 0.250 e. The van der Waals surface area contributed by atoms with Gasteiger partial charge in [-0.15, -0.1) is 0 Å². The fourth-order valence-corrected chi connectivity index (χ4v) is 7.33. The summed E-state index contributed by atoms with van der Waals surface area (Å²) in [7, 11) is 0. The van der Waals surface area contributed by atoms with Crippen molar-refractivity contribution < 1.29 is 24.2 Å². The Kier molecular flexibility index (Phi) is 8.09. The van der Waals surface area contributed by atoms with Crippen LogP contribution in [-0.2, 0) is 25.7 Å². The van der Waals surface area contributed by atoms with E-state index in [0.29, 0.717) is 49.5 Å². The molecule has 3 saturated heterocycles.